The maximum Gasteiger partial charge on any atom is 0.112 e. The molecule has 0 bridgehead atoms. The molecule has 0 aliphatic carbocycles. The fourth-order valence-electron chi connectivity index (χ4n) is 2.30. The molecule has 0 saturated heterocycles. The summed E-state index contributed by atoms with van der Waals surface area (Å²) in [6, 6.07) is 14.1. The third kappa shape index (κ3) is 2.51. The number of hydrogen-bond donors (Lipinski definition) is 3. The second kappa shape index (κ2) is 5.35. The van der Waals surface area contributed by atoms with Crippen molar-refractivity contribution >= 4 is 22.4 Å². The molecule has 0 aliphatic rings. The van der Waals surface area contributed by atoms with Gasteiger partial charge >= 0.3 is 0 Å². The largest absolute Gasteiger partial charge is 0.396 e. The van der Waals surface area contributed by atoms with Gasteiger partial charge < -0.3 is 15.4 Å². The minimum Gasteiger partial charge on any atom is -0.396 e. The summed E-state index contributed by atoms with van der Waals surface area (Å²) in [5.74, 6) is 0.910. The molecule has 0 aliphatic heterocycles. The Morgan fingerprint density at radius 2 is 1.95 bits per heavy atom. The highest BCUT2D eigenvalue weighted by molar-refractivity contribution is 5.90. The average molecular weight is 267 g/mol. The maximum absolute atomic E-state index is 8.92. The van der Waals surface area contributed by atoms with Crippen LogP contribution in [0.25, 0.3) is 11.0 Å². The van der Waals surface area contributed by atoms with Gasteiger partial charge in [0.1, 0.15) is 11.3 Å². The molecule has 0 spiro atoms. The number of benzene rings is 2. The van der Waals surface area contributed by atoms with E-state index >= 15 is 0 Å². The molecular formula is C16H17N3O. The number of imidazole rings is 1. The van der Waals surface area contributed by atoms with Crippen molar-refractivity contribution in [2.75, 3.05) is 11.9 Å². The summed E-state index contributed by atoms with van der Waals surface area (Å²) in [4.78, 5) is 7.74. The molecule has 3 aromatic rings. The normalized spacial score (nSPS) is 10.9. The molecule has 3 N–H and O–H groups in total. The first-order valence-corrected chi connectivity index (χ1v) is 6.68. The number of anilines is 2. The van der Waals surface area contributed by atoms with E-state index in [2.05, 4.69) is 15.3 Å². The highest BCUT2D eigenvalue weighted by Crippen LogP contribution is 2.25. The van der Waals surface area contributed by atoms with Crippen LogP contribution in [-0.2, 0) is 6.42 Å². The number of aromatic amines is 1. The van der Waals surface area contributed by atoms with Crippen molar-refractivity contribution in [3.05, 3.63) is 53.9 Å². The summed E-state index contributed by atoms with van der Waals surface area (Å²) in [6.07, 6.45) is 0.689. The van der Waals surface area contributed by atoms with E-state index in [9.17, 15) is 0 Å². The van der Waals surface area contributed by atoms with Gasteiger partial charge in [-0.3, -0.25) is 0 Å². The summed E-state index contributed by atoms with van der Waals surface area (Å²) in [7, 11) is 0. The number of H-pyrrole nitrogens is 1. The number of aryl methyl sites for hydroxylation is 1. The third-order valence-corrected chi connectivity index (χ3v) is 3.26. The van der Waals surface area contributed by atoms with E-state index in [0.717, 1.165) is 33.8 Å². The number of nitrogens with one attached hydrogen (secondary N) is 2. The van der Waals surface area contributed by atoms with Crippen LogP contribution in [0.2, 0.25) is 0 Å². The van der Waals surface area contributed by atoms with Crippen molar-refractivity contribution in [3.63, 3.8) is 0 Å². The first kappa shape index (κ1) is 12.7. The zero-order chi connectivity index (χ0) is 13.9. The Hall–Kier alpha value is -2.33. The van der Waals surface area contributed by atoms with E-state index in [-0.39, 0.29) is 6.61 Å². The van der Waals surface area contributed by atoms with Gasteiger partial charge in [-0.05, 0) is 43.2 Å². The van der Waals surface area contributed by atoms with E-state index in [1.165, 1.54) is 0 Å². The van der Waals surface area contributed by atoms with Crippen LogP contribution >= 0.6 is 0 Å². The molecule has 0 unspecified atom stereocenters. The molecule has 102 valence electrons. The lowest BCUT2D eigenvalue weighted by Crippen LogP contribution is -1.93. The Labute approximate surface area is 117 Å². The summed E-state index contributed by atoms with van der Waals surface area (Å²) < 4.78 is 0. The van der Waals surface area contributed by atoms with E-state index < -0.39 is 0 Å². The Morgan fingerprint density at radius 1 is 1.15 bits per heavy atom. The minimum atomic E-state index is 0.179. The Bertz CT molecular complexity index is 716. The number of aliphatic hydroxyl groups excluding tert-OH is 1. The van der Waals surface area contributed by atoms with Crippen molar-refractivity contribution in [3.8, 4) is 0 Å². The second-order valence-corrected chi connectivity index (χ2v) is 4.82. The fraction of sp³-hybridized carbons (Fsp3) is 0.188. The predicted octanol–water partition coefficient (Wildman–Crippen LogP) is 3.15. The van der Waals surface area contributed by atoms with Crippen LogP contribution < -0.4 is 5.32 Å². The number of nitrogens with zero attached hydrogens (tertiary/aromatic N) is 1. The number of para-hydroxylation sites is 1. The smallest absolute Gasteiger partial charge is 0.112 e. The average Bonchev–Trinajstić information content (AvgIpc) is 2.83. The van der Waals surface area contributed by atoms with E-state index in [1.54, 1.807) is 0 Å². The summed E-state index contributed by atoms with van der Waals surface area (Å²) in [5, 5.41) is 12.3. The van der Waals surface area contributed by atoms with Gasteiger partial charge in [0.25, 0.3) is 0 Å². The van der Waals surface area contributed by atoms with Gasteiger partial charge in [0.2, 0.25) is 0 Å². The second-order valence-electron chi connectivity index (χ2n) is 4.82. The monoisotopic (exact) mass is 267 g/mol. The predicted molar refractivity (Wildman–Crippen MR) is 81.3 cm³/mol. The highest BCUT2D eigenvalue weighted by atomic mass is 16.2. The van der Waals surface area contributed by atoms with Crippen LogP contribution in [0.15, 0.2) is 42.5 Å². The number of aliphatic hydroxyl groups is 1. The SMILES string of the molecule is Cc1nc2c(Nc3ccc(CCO)cc3)cccc2[nH]1. The lowest BCUT2D eigenvalue weighted by molar-refractivity contribution is 0.299. The Kier molecular flexibility index (Phi) is 3.39. The quantitative estimate of drug-likeness (QED) is 0.680. The van der Waals surface area contributed by atoms with Crippen molar-refractivity contribution in [1.82, 2.24) is 9.97 Å². The summed E-state index contributed by atoms with van der Waals surface area (Å²) in [5.41, 5.74) is 5.11. The van der Waals surface area contributed by atoms with Crippen molar-refractivity contribution in [2.24, 2.45) is 0 Å². The minimum absolute atomic E-state index is 0.179. The highest BCUT2D eigenvalue weighted by Gasteiger charge is 2.05. The van der Waals surface area contributed by atoms with E-state index in [0.29, 0.717) is 6.42 Å². The molecular weight excluding hydrogens is 250 g/mol. The van der Waals surface area contributed by atoms with Crippen LogP contribution in [0.3, 0.4) is 0 Å². The molecule has 2 aromatic carbocycles. The number of rotatable bonds is 4. The van der Waals surface area contributed by atoms with Crippen LogP contribution in [0.1, 0.15) is 11.4 Å². The molecule has 0 fully saturated rings. The molecule has 0 atom stereocenters. The Morgan fingerprint density at radius 3 is 2.70 bits per heavy atom. The van der Waals surface area contributed by atoms with Crippen molar-refractivity contribution < 1.29 is 5.11 Å². The lowest BCUT2D eigenvalue weighted by Gasteiger charge is -2.08. The van der Waals surface area contributed by atoms with Crippen molar-refractivity contribution in [2.45, 2.75) is 13.3 Å². The molecule has 0 radical (unpaired) electrons. The molecule has 0 saturated carbocycles. The standard InChI is InChI=1S/C16H17N3O/c1-11-17-14-3-2-4-15(16(14)18-11)19-13-7-5-12(6-8-13)9-10-20/h2-8,19-20H,9-10H2,1H3,(H,17,18). The molecule has 0 amide bonds. The van der Waals surface area contributed by atoms with Crippen LogP contribution in [0.4, 0.5) is 11.4 Å². The number of fused-ring (bicyclic) bond motifs is 1. The molecule has 20 heavy (non-hydrogen) atoms. The fourth-order valence-corrected chi connectivity index (χ4v) is 2.30. The topological polar surface area (TPSA) is 60.9 Å². The van der Waals surface area contributed by atoms with Crippen LogP contribution in [0.5, 0.6) is 0 Å². The summed E-state index contributed by atoms with van der Waals surface area (Å²) >= 11 is 0. The molecule has 4 heteroatoms. The Balaban J connectivity index is 1.88. The lowest BCUT2D eigenvalue weighted by atomic mass is 10.1. The number of hydrogen-bond acceptors (Lipinski definition) is 3. The van der Waals surface area contributed by atoms with Gasteiger partial charge in [-0.2, -0.15) is 0 Å². The van der Waals surface area contributed by atoms with E-state index in [4.69, 9.17) is 5.11 Å². The van der Waals surface area contributed by atoms with Gasteiger partial charge in [0.05, 0.1) is 11.2 Å². The number of aromatic nitrogens is 2. The first-order chi connectivity index (χ1) is 9.76. The zero-order valence-corrected chi connectivity index (χ0v) is 11.4. The summed E-state index contributed by atoms with van der Waals surface area (Å²) in [6.45, 7) is 2.13. The molecule has 1 aromatic heterocycles. The van der Waals surface area contributed by atoms with Gasteiger partial charge in [-0.1, -0.05) is 18.2 Å². The zero-order valence-electron chi connectivity index (χ0n) is 11.4. The molecule has 3 rings (SSSR count). The molecule has 4 nitrogen and oxygen atoms in total. The van der Waals surface area contributed by atoms with Gasteiger partial charge in [0, 0.05) is 12.3 Å². The third-order valence-electron chi connectivity index (χ3n) is 3.26. The van der Waals surface area contributed by atoms with Gasteiger partial charge in [-0.15, -0.1) is 0 Å². The van der Waals surface area contributed by atoms with E-state index in [1.807, 2.05) is 49.4 Å². The first-order valence-electron chi connectivity index (χ1n) is 6.68. The van der Waals surface area contributed by atoms with Crippen molar-refractivity contribution in [1.29, 1.82) is 0 Å². The van der Waals surface area contributed by atoms with Crippen LogP contribution in [-0.4, -0.2) is 21.7 Å². The van der Waals surface area contributed by atoms with Gasteiger partial charge in [-0.25, -0.2) is 4.98 Å². The van der Waals surface area contributed by atoms with Crippen LogP contribution in [0, 0.1) is 6.92 Å². The molecule has 1 heterocycles. The van der Waals surface area contributed by atoms with Gasteiger partial charge in [0.15, 0.2) is 0 Å². The maximum atomic E-state index is 8.92.